The third kappa shape index (κ3) is 14.3. The minimum atomic E-state index is -0.986. The summed E-state index contributed by atoms with van der Waals surface area (Å²) in [6.07, 6.45) is 4.49. The molecule has 1 aliphatic heterocycles. The molecule has 43 heavy (non-hydrogen) atoms. The van der Waals surface area contributed by atoms with Crippen LogP contribution < -0.4 is 26.6 Å². The molecule has 0 radical (unpaired) electrons. The highest BCUT2D eigenvalue weighted by atomic mass is 16.2. The highest BCUT2D eigenvalue weighted by Crippen LogP contribution is 2.10. The van der Waals surface area contributed by atoms with Crippen molar-refractivity contribution in [3.05, 3.63) is 48.0 Å². The first kappa shape index (κ1) is 34.7. The SMILES string of the molecule is CC(C)(C)CNC(=O)CNC(=O)[C@H](Cc1ccccc1)NC(=O)CNC(=O)CNC(=O)CCCCCN1C(=O)C=CC1=O. The van der Waals surface area contributed by atoms with Gasteiger partial charge in [-0.2, -0.15) is 0 Å². The van der Waals surface area contributed by atoms with Gasteiger partial charge >= 0.3 is 0 Å². The van der Waals surface area contributed by atoms with Gasteiger partial charge in [0.25, 0.3) is 11.8 Å². The third-order valence-corrected chi connectivity index (χ3v) is 6.25. The molecule has 0 saturated heterocycles. The van der Waals surface area contributed by atoms with Crippen LogP contribution in [0.3, 0.4) is 0 Å². The monoisotopic (exact) mass is 598 g/mol. The molecule has 234 valence electrons. The predicted molar refractivity (Wildman–Crippen MR) is 158 cm³/mol. The van der Waals surface area contributed by atoms with Crippen molar-refractivity contribution in [3.8, 4) is 0 Å². The van der Waals surface area contributed by atoms with Gasteiger partial charge in [-0.25, -0.2) is 0 Å². The standard InChI is InChI=1S/C30H42N6O7/c1-30(2,3)20-34-25(39)18-33-29(43)22(16-21-10-6-4-7-11-21)35-26(40)19-32-24(38)17-31-23(37)12-8-5-9-15-36-27(41)13-14-28(36)42/h4,6-7,10-11,13-14,22H,5,8-9,12,15-20H2,1-3H3,(H,31,37)(H,32,38)(H,33,43)(H,34,39)(H,35,40)/t22-/m0/s1. The van der Waals surface area contributed by atoms with Crippen LogP contribution in [0.25, 0.3) is 0 Å². The van der Waals surface area contributed by atoms with Crippen molar-refractivity contribution in [1.29, 1.82) is 0 Å². The second kappa shape index (κ2) is 17.4. The van der Waals surface area contributed by atoms with Crippen LogP contribution in [0, 0.1) is 5.41 Å². The van der Waals surface area contributed by atoms with Gasteiger partial charge in [-0.15, -0.1) is 0 Å². The van der Waals surface area contributed by atoms with Crippen molar-refractivity contribution in [2.75, 3.05) is 32.7 Å². The van der Waals surface area contributed by atoms with Gasteiger partial charge in [0.1, 0.15) is 6.04 Å². The number of carbonyl (C=O) groups excluding carboxylic acids is 7. The fraction of sp³-hybridized carbons (Fsp3) is 0.500. The van der Waals surface area contributed by atoms with Crippen molar-refractivity contribution in [2.24, 2.45) is 5.41 Å². The maximum atomic E-state index is 12.9. The molecule has 1 atom stereocenters. The van der Waals surface area contributed by atoms with E-state index in [0.717, 1.165) is 10.5 Å². The summed E-state index contributed by atoms with van der Waals surface area (Å²) in [5.41, 5.74) is 0.677. The first-order valence-electron chi connectivity index (χ1n) is 14.3. The molecule has 1 aromatic carbocycles. The van der Waals surface area contributed by atoms with Crippen molar-refractivity contribution in [2.45, 2.75) is 58.9 Å². The molecular formula is C30H42N6O7. The number of carbonyl (C=O) groups is 7. The van der Waals surface area contributed by atoms with Crippen molar-refractivity contribution in [1.82, 2.24) is 31.5 Å². The lowest BCUT2D eigenvalue weighted by Gasteiger charge is -2.20. The molecule has 2 rings (SSSR count). The average Bonchev–Trinajstić information content (AvgIpc) is 3.28. The van der Waals surface area contributed by atoms with E-state index in [9.17, 15) is 33.6 Å². The highest BCUT2D eigenvalue weighted by Gasteiger charge is 2.23. The largest absolute Gasteiger partial charge is 0.354 e. The first-order valence-corrected chi connectivity index (χ1v) is 14.3. The number of rotatable bonds is 17. The molecule has 13 heteroatoms. The van der Waals surface area contributed by atoms with E-state index in [-0.39, 0.29) is 61.5 Å². The Hall–Kier alpha value is -4.55. The Morgan fingerprint density at radius 3 is 1.95 bits per heavy atom. The number of hydrogen-bond acceptors (Lipinski definition) is 7. The molecule has 7 amide bonds. The van der Waals surface area contributed by atoms with Gasteiger partial charge in [0.05, 0.1) is 19.6 Å². The summed E-state index contributed by atoms with van der Waals surface area (Å²) in [4.78, 5) is 85.9. The third-order valence-electron chi connectivity index (χ3n) is 6.25. The number of nitrogens with one attached hydrogen (secondary N) is 5. The zero-order valence-corrected chi connectivity index (χ0v) is 25.0. The van der Waals surface area contributed by atoms with Crippen LogP contribution in [-0.2, 0) is 40.0 Å². The Balaban J connectivity index is 1.71. The van der Waals surface area contributed by atoms with Crippen LogP contribution >= 0.6 is 0 Å². The molecule has 0 saturated carbocycles. The van der Waals surface area contributed by atoms with E-state index in [0.29, 0.717) is 25.8 Å². The Bertz CT molecular complexity index is 1180. The quantitative estimate of drug-likeness (QED) is 0.121. The zero-order valence-electron chi connectivity index (χ0n) is 25.0. The molecule has 0 unspecified atom stereocenters. The molecule has 0 aromatic heterocycles. The van der Waals surface area contributed by atoms with Crippen LogP contribution in [0.15, 0.2) is 42.5 Å². The van der Waals surface area contributed by atoms with Crippen molar-refractivity contribution in [3.63, 3.8) is 0 Å². The molecule has 0 spiro atoms. The maximum Gasteiger partial charge on any atom is 0.253 e. The van der Waals surface area contributed by atoms with Crippen molar-refractivity contribution < 1.29 is 33.6 Å². The fourth-order valence-electron chi connectivity index (χ4n) is 3.91. The molecule has 1 aromatic rings. The lowest BCUT2D eigenvalue weighted by atomic mass is 9.97. The molecule has 1 heterocycles. The van der Waals surface area contributed by atoms with Crippen LogP contribution in [0.2, 0.25) is 0 Å². The molecule has 0 bridgehead atoms. The Morgan fingerprint density at radius 1 is 0.721 bits per heavy atom. The number of nitrogens with zero attached hydrogens (tertiary/aromatic N) is 1. The van der Waals surface area contributed by atoms with Crippen LogP contribution in [0.5, 0.6) is 0 Å². The second-order valence-corrected chi connectivity index (χ2v) is 11.4. The molecule has 13 nitrogen and oxygen atoms in total. The molecule has 0 aliphatic carbocycles. The molecule has 5 N–H and O–H groups in total. The smallest absolute Gasteiger partial charge is 0.253 e. The first-order chi connectivity index (χ1) is 20.3. The topological polar surface area (TPSA) is 183 Å². The summed E-state index contributed by atoms with van der Waals surface area (Å²) in [5, 5.41) is 12.8. The van der Waals surface area contributed by atoms with Gasteiger partial charge in [-0.3, -0.25) is 38.5 Å². The van der Waals surface area contributed by atoms with Crippen LogP contribution in [-0.4, -0.2) is 85.0 Å². The molecule has 1 aliphatic rings. The van der Waals surface area contributed by atoms with Gasteiger partial charge in [-0.1, -0.05) is 57.5 Å². The Kier molecular flexibility index (Phi) is 14.0. The number of hydrogen-bond donors (Lipinski definition) is 5. The van der Waals surface area contributed by atoms with E-state index in [1.165, 1.54) is 12.2 Å². The van der Waals surface area contributed by atoms with Gasteiger partial charge < -0.3 is 26.6 Å². The summed E-state index contributed by atoms with van der Waals surface area (Å²) in [6.45, 7) is 5.65. The van der Waals surface area contributed by atoms with E-state index >= 15 is 0 Å². The highest BCUT2D eigenvalue weighted by molar-refractivity contribution is 6.12. The van der Waals surface area contributed by atoms with Gasteiger partial charge in [0.15, 0.2) is 0 Å². The zero-order chi connectivity index (χ0) is 31.8. The predicted octanol–water partition coefficient (Wildman–Crippen LogP) is -0.290. The molecular weight excluding hydrogens is 556 g/mol. The Labute approximate surface area is 251 Å². The van der Waals surface area contributed by atoms with Gasteiger partial charge in [-0.05, 0) is 23.8 Å². The van der Waals surface area contributed by atoms with Crippen LogP contribution in [0.4, 0.5) is 0 Å². The van der Waals surface area contributed by atoms with E-state index in [2.05, 4.69) is 26.6 Å². The summed E-state index contributed by atoms with van der Waals surface area (Å²) in [6, 6.07) is 8.05. The lowest BCUT2D eigenvalue weighted by Crippen LogP contribution is -2.52. The normalized spacial score (nSPS) is 13.3. The van der Waals surface area contributed by atoms with E-state index < -0.39 is 30.3 Å². The van der Waals surface area contributed by atoms with Gasteiger partial charge in [0, 0.05) is 38.1 Å². The average molecular weight is 599 g/mol. The van der Waals surface area contributed by atoms with Gasteiger partial charge in [0.2, 0.25) is 29.5 Å². The summed E-state index contributed by atoms with van der Waals surface area (Å²) >= 11 is 0. The minimum absolute atomic E-state index is 0.116. The Morgan fingerprint density at radius 2 is 1.30 bits per heavy atom. The number of amides is 7. The van der Waals surface area contributed by atoms with Crippen LogP contribution in [0.1, 0.15) is 52.0 Å². The summed E-state index contributed by atoms with van der Waals surface area (Å²) < 4.78 is 0. The summed E-state index contributed by atoms with van der Waals surface area (Å²) in [5.74, 6) is -3.12. The van der Waals surface area contributed by atoms with Crippen molar-refractivity contribution >= 4 is 41.4 Å². The fourth-order valence-corrected chi connectivity index (χ4v) is 3.91. The van der Waals surface area contributed by atoms with E-state index in [1.54, 1.807) is 24.3 Å². The van der Waals surface area contributed by atoms with E-state index in [1.807, 2.05) is 26.8 Å². The molecule has 0 fully saturated rings. The summed E-state index contributed by atoms with van der Waals surface area (Å²) in [7, 11) is 0. The number of benzene rings is 1. The minimum Gasteiger partial charge on any atom is -0.354 e. The lowest BCUT2D eigenvalue weighted by molar-refractivity contribution is -0.137. The number of unbranched alkanes of at least 4 members (excludes halogenated alkanes) is 2. The second-order valence-electron chi connectivity index (χ2n) is 11.4. The maximum absolute atomic E-state index is 12.9. The van der Waals surface area contributed by atoms with E-state index in [4.69, 9.17) is 0 Å². The number of imide groups is 1.